The van der Waals surface area contributed by atoms with Gasteiger partial charge in [-0.05, 0) is 42.7 Å². The number of ether oxygens (including phenoxy) is 1. The predicted molar refractivity (Wildman–Crippen MR) is 121 cm³/mol. The first kappa shape index (κ1) is 20.0. The molecule has 1 atom stereocenters. The average molecular weight is 401 g/mol. The van der Waals surface area contributed by atoms with Crippen molar-refractivity contribution in [1.82, 2.24) is 5.32 Å². The van der Waals surface area contributed by atoms with Crippen molar-refractivity contribution in [3.8, 4) is 5.75 Å². The Morgan fingerprint density at radius 1 is 0.967 bits per heavy atom. The summed E-state index contributed by atoms with van der Waals surface area (Å²) in [4.78, 5) is 15.0. The second kappa shape index (κ2) is 9.04. The van der Waals surface area contributed by atoms with Gasteiger partial charge >= 0.3 is 0 Å². The van der Waals surface area contributed by atoms with Crippen molar-refractivity contribution in [3.63, 3.8) is 0 Å². The number of anilines is 1. The van der Waals surface area contributed by atoms with E-state index >= 15 is 0 Å². The van der Waals surface area contributed by atoms with Crippen LogP contribution < -0.4 is 15.0 Å². The van der Waals surface area contributed by atoms with Crippen LogP contribution in [0.5, 0.6) is 5.75 Å². The second-order valence-electron chi connectivity index (χ2n) is 8.02. The zero-order valence-electron chi connectivity index (χ0n) is 17.6. The van der Waals surface area contributed by atoms with Gasteiger partial charge in [0, 0.05) is 13.1 Å². The number of nitrogens with one attached hydrogen (secondary N) is 1. The summed E-state index contributed by atoms with van der Waals surface area (Å²) >= 11 is 0. The Balaban J connectivity index is 1.50. The number of carbonyl (C=O) groups is 1. The molecule has 1 N–H and O–H groups in total. The van der Waals surface area contributed by atoms with E-state index < -0.39 is 0 Å². The summed E-state index contributed by atoms with van der Waals surface area (Å²) in [7, 11) is 0. The molecule has 4 nitrogen and oxygen atoms in total. The van der Waals surface area contributed by atoms with Gasteiger partial charge in [-0.2, -0.15) is 0 Å². The number of hydrogen-bond donors (Lipinski definition) is 1. The smallest absolute Gasteiger partial charge is 0.222 e. The van der Waals surface area contributed by atoms with Gasteiger partial charge in [0.2, 0.25) is 5.91 Å². The summed E-state index contributed by atoms with van der Waals surface area (Å²) in [5, 5.41) is 3.05. The maximum absolute atomic E-state index is 12.7. The normalized spacial score (nSPS) is 15.3. The first-order chi connectivity index (χ1) is 14.6. The number of fused-ring (bicyclic) bond motifs is 1. The Hall–Kier alpha value is -3.27. The standard InChI is InChI=1S/C26H28N2O2/c1-19-8-11-22(12-9-19)17-28-23(18-30-25-14-20(2)10-13-24(25)28)15-26(29)27-16-21-6-4-3-5-7-21/h3-14,23H,15-18H2,1-2H3,(H,27,29). The van der Waals surface area contributed by atoms with E-state index in [1.807, 2.05) is 30.3 Å². The summed E-state index contributed by atoms with van der Waals surface area (Å²) in [5.41, 5.74) is 5.79. The van der Waals surface area contributed by atoms with E-state index in [1.165, 1.54) is 16.7 Å². The topological polar surface area (TPSA) is 41.6 Å². The van der Waals surface area contributed by atoms with Crippen LogP contribution in [-0.2, 0) is 17.9 Å². The van der Waals surface area contributed by atoms with Gasteiger partial charge in [-0.25, -0.2) is 0 Å². The first-order valence-corrected chi connectivity index (χ1v) is 10.4. The van der Waals surface area contributed by atoms with Crippen LogP contribution in [-0.4, -0.2) is 18.6 Å². The first-order valence-electron chi connectivity index (χ1n) is 10.4. The van der Waals surface area contributed by atoms with Crippen LogP contribution in [0.4, 0.5) is 5.69 Å². The highest BCUT2D eigenvalue weighted by Crippen LogP contribution is 2.36. The van der Waals surface area contributed by atoms with Crippen LogP contribution >= 0.6 is 0 Å². The molecule has 1 unspecified atom stereocenters. The van der Waals surface area contributed by atoms with Crippen molar-refractivity contribution in [2.45, 2.75) is 39.4 Å². The molecule has 0 saturated carbocycles. The average Bonchev–Trinajstić information content (AvgIpc) is 2.76. The molecule has 1 aliphatic rings. The molecule has 30 heavy (non-hydrogen) atoms. The molecule has 3 aromatic rings. The van der Waals surface area contributed by atoms with Gasteiger partial charge in [0.1, 0.15) is 12.4 Å². The number of carbonyl (C=O) groups excluding carboxylic acids is 1. The van der Waals surface area contributed by atoms with Gasteiger partial charge in [-0.15, -0.1) is 0 Å². The van der Waals surface area contributed by atoms with E-state index in [2.05, 4.69) is 66.5 Å². The second-order valence-corrected chi connectivity index (χ2v) is 8.02. The monoisotopic (exact) mass is 400 g/mol. The molecular weight excluding hydrogens is 372 g/mol. The number of hydrogen-bond acceptors (Lipinski definition) is 3. The third kappa shape index (κ3) is 4.82. The van der Waals surface area contributed by atoms with Gasteiger partial charge < -0.3 is 15.0 Å². The maximum atomic E-state index is 12.7. The molecule has 1 heterocycles. The zero-order valence-corrected chi connectivity index (χ0v) is 17.6. The summed E-state index contributed by atoms with van der Waals surface area (Å²) in [6.07, 6.45) is 0.395. The molecule has 1 amide bonds. The number of rotatable bonds is 6. The lowest BCUT2D eigenvalue weighted by Gasteiger charge is -2.38. The van der Waals surface area contributed by atoms with Crippen LogP contribution in [0.15, 0.2) is 72.8 Å². The van der Waals surface area contributed by atoms with Crippen molar-refractivity contribution in [3.05, 3.63) is 95.1 Å². The van der Waals surface area contributed by atoms with E-state index in [9.17, 15) is 4.79 Å². The summed E-state index contributed by atoms with van der Waals surface area (Å²) in [6.45, 7) is 5.95. The SMILES string of the molecule is Cc1ccc(CN2c3ccc(C)cc3OCC2CC(=O)NCc2ccccc2)cc1. The van der Waals surface area contributed by atoms with Crippen LogP contribution in [0.3, 0.4) is 0 Å². The molecular formula is C26H28N2O2. The predicted octanol–water partition coefficient (Wildman–Crippen LogP) is 4.78. The van der Waals surface area contributed by atoms with Crippen molar-refractivity contribution >= 4 is 11.6 Å². The fourth-order valence-electron chi connectivity index (χ4n) is 3.80. The van der Waals surface area contributed by atoms with Gasteiger partial charge in [0.25, 0.3) is 0 Å². The van der Waals surface area contributed by atoms with Crippen LogP contribution in [0.25, 0.3) is 0 Å². The maximum Gasteiger partial charge on any atom is 0.222 e. The van der Waals surface area contributed by atoms with Crippen LogP contribution in [0, 0.1) is 13.8 Å². The van der Waals surface area contributed by atoms with Crippen molar-refractivity contribution in [1.29, 1.82) is 0 Å². The molecule has 4 rings (SSSR count). The third-order valence-corrected chi connectivity index (χ3v) is 5.52. The fourth-order valence-corrected chi connectivity index (χ4v) is 3.80. The molecule has 0 spiro atoms. The fraction of sp³-hybridized carbons (Fsp3) is 0.269. The highest BCUT2D eigenvalue weighted by Gasteiger charge is 2.29. The van der Waals surface area contributed by atoms with Gasteiger partial charge in [0.05, 0.1) is 18.2 Å². The number of aryl methyl sites for hydroxylation is 2. The van der Waals surface area contributed by atoms with E-state index in [0.29, 0.717) is 19.6 Å². The largest absolute Gasteiger partial charge is 0.489 e. The number of benzene rings is 3. The number of nitrogens with zero attached hydrogens (tertiary/aromatic N) is 1. The highest BCUT2D eigenvalue weighted by molar-refractivity contribution is 5.77. The minimum absolute atomic E-state index is 0.0164. The van der Waals surface area contributed by atoms with Crippen molar-refractivity contribution in [2.24, 2.45) is 0 Å². The minimum Gasteiger partial charge on any atom is -0.489 e. The molecule has 3 aromatic carbocycles. The van der Waals surface area contributed by atoms with Gasteiger partial charge in [-0.1, -0.05) is 66.2 Å². The Morgan fingerprint density at radius 3 is 2.47 bits per heavy atom. The Labute approximate surface area is 178 Å². The van der Waals surface area contributed by atoms with E-state index in [0.717, 1.165) is 23.5 Å². The van der Waals surface area contributed by atoms with E-state index in [1.54, 1.807) is 0 Å². The van der Waals surface area contributed by atoms with E-state index in [4.69, 9.17) is 4.74 Å². The van der Waals surface area contributed by atoms with Crippen molar-refractivity contribution in [2.75, 3.05) is 11.5 Å². The highest BCUT2D eigenvalue weighted by atomic mass is 16.5. The summed E-state index contributed by atoms with van der Waals surface area (Å²) in [6, 6.07) is 24.8. The lowest BCUT2D eigenvalue weighted by molar-refractivity contribution is -0.121. The summed E-state index contributed by atoms with van der Waals surface area (Å²) in [5.74, 6) is 0.931. The third-order valence-electron chi connectivity index (χ3n) is 5.52. The molecule has 0 bridgehead atoms. The molecule has 0 aliphatic carbocycles. The van der Waals surface area contributed by atoms with Gasteiger partial charge in [0.15, 0.2) is 0 Å². The molecule has 0 aromatic heterocycles. The summed E-state index contributed by atoms with van der Waals surface area (Å²) < 4.78 is 6.05. The van der Waals surface area contributed by atoms with Gasteiger partial charge in [-0.3, -0.25) is 4.79 Å². The molecule has 0 fully saturated rings. The number of amides is 1. The quantitative estimate of drug-likeness (QED) is 0.648. The minimum atomic E-state index is -0.0164. The lowest BCUT2D eigenvalue weighted by atomic mass is 10.0. The molecule has 1 aliphatic heterocycles. The Morgan fingerprint density at radius 2 is 1.70 bits per heavy atom. The van der Waals surface area contributed by atoms with E-state index in [-0.39, 0.29) is 11.9 Å². The lowest BCUT2D eigenvalue weighted by Crippen LogP contribution is -2.45. The van der Waals surface area contributed by atoms with Crippen LogP contribution in [0.2, 0.25) is 0 Å². The molecule has 0 saturated heterocycles. The van der Waals surface area contributed by atoms with Crippen molar-refractivity contribution < 1.29 is 9.53 Å². The molecule has 0 radical (unpaired) electrons. The molecule has 154 valence electrons. The zero-order chi connectivity index (χ0) is 20.9. The Kier molecular flexibility index (Phi) is 6.03. The Bertz CT molecular complexity index is 999. The molecule has 4 heteroatoms. The van der Waals surface area contributed by atoms with Crippen LogP contribution in [0.1, 0.15) is 28.7 Å².